The molecule has 38 heavy (non-hydrogen) atoms. The van der Waals surface area contributed by atoms with Gasteiger partial charge >= 0.3 is 12.1 Å². The summed E-state index contributed by atoms with van der Waals surface area (Å²) in [5.41, 5.74) is 4.02. The topological polar surface area (TPSA) is 111 Å². The number of rotatable bonds is 13. The average molecular weight is 599 g/mol. The number of aromatic nitrogens is 3. The van der Waals surface area contributed by atoms with Crippen molar-refractivity contribution >= 4 is 56.1 Å². The summed E-state index contributed by atoms with van der Waals surface area (Å²) in [5, 5.41) is 11.4. The van der Waals surface area contributed by atoms with E-state index in [4.69, 9.17) is 4.74 Å². The van der Waals surface area contributed by atoms with Gasteiger partial charge in [-0.25, -0.2) is 24.1 Å². The summed E-state index contributed by atoms with van der Waals surface area (Å²) in [7, 11) is 0. The van der Waals surface area contributed by atoms with Crippen LogP contribution in [0.4, 0.5) is 4.79 Å². The second-order valence-corrected chi connectivity index (χ2v) is 10.6. The quantitative estimate of drug-likeness (QED) is 0.126. The number of halogens is 1. The fourth-order valence-corrected chi connectivity index (χ4v) is 5.01. The Hall–Kier alpha value is -3.37. The van der Waals surface area contributed by atoms with Crippen molar-refractivity contribution in [3.63, 3.8) is 0 Å². The van der Waals surface area contributed by atoms with E-state index in [0.717, 1.165) is 42.1 Å². The maximum Gasteiger partial charge on any atom is 0.421 e. The van der Waals surface area contributed by atoms with E-state index in [-0.39, 0.29) is 12.2 Å². The standard InChI is InChI=1S/C28H28BrN3O5S/c29-20-15-13-19(14-16-20)24(33)11-5-3-1-2-4-6-12-25(27(34)35)37-28(36)32-23-10-8-7-9-21(23)31-26(32)22-17-38-18-30-22/h7-10,13-18,25H,1-6,11-12H2,(H,34,35). The van der Waals surface area contributed by atoms with Gasteiger partial charge in [0, 0.05) is 21.8 Å². The van der Waals surface area contributed by atoms with Gasteiger partial charge in [0.25, 0.3) is 0 Å². The Labute approximate surface area is 232 Å². The van der Waals surface area contributed by atoms with Crippen LogP contribution in [0.3, 0.4) is 0 Å². The number of carbonyl (C=O) groups excluding carboxylic acids is 2. The molecule has 2 aromatic carbocycles. The lowest BCUT2D eigenvalue weighted by Gasteiger charge is -2.15. The van der Waals surface area contributed by atoms with Crippen LogP contribution < -0.4 is 0 Å². The molecule has 0 amide bonds. The highest BCUT2D eigenvalue weighted by atomic mass is 79.9. The van der Waals surface area contributed by atoms with E-state index in [1.807, 2.05) is 30.3 Å². The van der Waals surface area contributed by atoms with Crippen LogP contribution in [-0.2, 0) is 9.53 Å². The molecule has 1 N–H and O–H groups in total. The van der Waals surface area contributed by atoms with Gasteiger partial charge in [0.05, 0.1) is 16.5 Å². The summed E-state index contributed by atoms with van der Waals surface area (Å²) in [4.78, 5) is 46.0. The van der Waals surface area contributed by atoms with Crippen LogP contribution in [0.2, 0.25) is 0 Å². The van der Waals surface area contributed by atoms with Crippen molar-refractivity contribution in [3.8, 4) is 11.5 Å². The highest BCUT2D eigenvalue weighted by molar-refractivity contribution is 9.10. The van der Waals surface area contributed by atoms with E-state index in [2.05, 4.69) is 25.9 Å². The van der Waals surface area contributed by atoms with Crippen molar-refractivity contribution in [1.82, 2.24) is 14.5 Å². The molecular weight excluding hydrogens is 570 g/mol. The summed E-state index contributed by atoms with van der Waals surface area (Å²) in [6, 6.07) is 14.5. The maximum atomic E-state index is 13.1. The lowest BCUT2D eigenvalue weighted by atomic mass is 10.0. The third-order valence-corrected chi connectivity index (χ3v) is 7.32. The van der Waals surface area contributed by atoms with Gasteiger partial charge < -0.3 is 9.84 Å². The summed E-state index contributed by atoms with van der Waals surface area (Å²) < 4.78 is 7.68. The Kier molecular flexibility index (Phi) is 9.78. The van der Waals surface area contributed by atoms with E-state index in [0.29, 0.717) is 35.4 Å². The highest BCUT2D eigenvalue weighted by Crippen LogP contribution is 2.25. The Morgan fingerprint density at radius 2 is 1.68 bits per heavy atom. The van der Waals surface area contributed by atoms with Crippen LogP contribution in [0.15, 0.2) is 63.9 Å². The van der Waals surface area contributed by atoms with Crippen molar-refractivity contribution in [2.75, 3.05) is 0 Å². The average Bonchev–Trinajstić information content (AvgIpc) is 3.57. The molecule has 198 valence electrons. The van der Waals surface area contributed by atoms with Gasteiger partial charge in [-0.05, 0) is 43.5 Å². The molecule has 0 spiro atoms. The maximum absolute atomic E-state index is 13.1. The fraction of sp³-hybridized carbons (Fsp3) is 0.321. The molecule has 0 aliphatic carbocycles. The van der Waals surface area contributed by atoms with Crippen molar-refractivity contribution < 1.29 is 24.2 Å². The molecule has 0 saturated heterocycles. The van der Waals surface area contributed by atoms with E-state index in [1.165, 1.54) is 15.9 Å². The first-order valence-electron chi connectivity index (χ1n) is 12.5. The zero-order chi connectivity index (χ0) is 26.9. The number of ketones is 1. The number of thiazole rings is 1. The molecule has 0 bridgehead atoms. The molecule has 0 aliphatic rings. The number of para-hydroxylation sites is 2. The normalized spacial score (nSPS) is 11.9. The SMILES string of the molecule is O=C(CCCCCCCCC(OC(=O)n1c(-c2cscn2)nc2ccccc21)C(=O)O)c1ccc(Br)cc1. The minimum absolute atomic E-state index is 0.146. The predicted molar refractivity (Wildman–Crippen MR) is 150 cm³/mol. The first-order valence-corrected chi connectivity index (χ1v) is 14.3. The Morgan fingerprint density at radius 3 is 2.39 bits per heavy atom. The minimum atomic E-state index is -1.25. The fourth-order valence-electron chi connectivity index (χ4n) is 4.22. The van der Waals surface area contributed by atoms with Crippen molar-refractivity contribution in [1.29, 1.82) is 0 Å². The van der Waals surface area contributed by atoms with Gasteiger partial charge in [-0.3, -0.25) is 4.79 Å². The molecule has 0 saturated carbocycles. The lowest BCUT2D eigenvalue weighted by molar-refractivity contribution is -0.147. The molecule has 0 aliphatic heterocycles. The number of fused-ring (bicyclic) bond motifs is 1. The number of carboxylic acid groups (broad SMARTS) is 1. The smallest absolute Gasteiger partial charge is 0.421 e. The van der Waals surface area contributed by atoms with Crippen LogP contribution in [0, 0.1) is 0 Å². The number of hydrogen-bond acceptors (Lipinski definition) is 7. The Morgan fingerprint density at radius 1 is 0.974 bits per heavy atom. The Balaban J connectivity index is 1.23. The zero-order valence-electron chi connectivity index (χ0n) is 20.7. The number of ether oxygens (including phenoxy) is 1. The van der Waals surface area contributed by atoms with Gasteiger partial charge in [-0.2, -0.15) is 0 Å². The number of carbonyl (C=O) groups is 3. The third-order valence-electron chi connectivity index (χ3n) is 6.21. The number of aliphatic carboxylic acids is 1. The van der Waals surface area contributed by atoms with Crippen LogP contribution in [0.1, 0.15) is 61.7 Å². The molecule has 1 atom stereocenters. The van der Waals surface area contributed by atoms with Gasteiger partial charge in [0.2, 0.25) is 6.10 Å². The second kappa shape index (κ2) is 13.4. The van der Waals surface area contributed by atoms with E-state index >= 15 is 0 Å². The number of hydrogen-bond donors (Lipinski definition) is 1. The monoisotopic (exact) mass is 597 g/mol. The van der Waals surface area contributed by atoms with Crippen molar-refractivity contribution in [3.05, 3.63) is 69.5 Å². The minimum Gasteiger partial charge on any atom is -0.479 e. The second-order valence-electron chi connectivity index (χ2n) is 8.93. The third kappa shape index (κ3) is 7.14. The summed E-state index contributed by atoms with van der Waals surface area (Å²) in [6.07, 6.45) is 3.78. The molecular formula is C28H28BrN3O5S. The first-order chi connectivity index (χ1) is 18.4. The largest absolute Gasteiger partial charge is 0.479 e. The van der Waals surface area contributed by atoms with E-state index < -0.39 is 18.2 Å². The van der Waals surface area contributed by atoms with Crippen LogP contribution in [0.25, 0.3) is 22.6 Å². The van der Waals surface area contributed by atoms with Gasteiger partial charge in [-0.15, -0.1) is 11.3 Å². The van der Waals surface area contributed by atoms with Gasteiger partial charge in [0.1, 0.15) is 5.69 Å². The molecule has 0 radical (unpaired) electrons. The Bertz CT molecular complexity index is 1390. The molecule has 8 nitrogen and oxygen atoms in total. The van der Waals surface area contributed by atoms with Crippen LogP contribution in [-0.4, -0.2) is 43.6 Å². The summed E-state index contributed by atoms with van der Waals surface area (Å²) in [6.45, 7) is 0. The molecule has 2 heterocycles. The number of Topliss-reactive ketones (excluding diaryl/α,β-unsaturated/α-hetero) is 1. The van der Waals surface area contributed by atoms with Gasteiger partial charge in [0.15, 0.2) is 11.6 Å². The number of imidazole rings is 1. The number of benzene rings is 2. The molecule has 2 aromatic heterocycles. The van der Waals surface area contributed by atoms with Crippen molar-refractivity contribution in [2.45, 2.75) is 57.5 Å². The van der Waals surface area contributed by atoms with Gasteiger partial charge in [-0.1, -0.05) is 65.9 Å². The van der Waals surface area contributed by atoms with Crippen molar-refractivity contribution in [2.24, 2.45) is 0 Å². The number of unbranched alkanes of at least 4 members (excludes halogenated alkanes) is 5. The summed E-state index contributed by atoms with van der Waals surface area (Å²) in [5.74, 6) is -0.711. The highest BCUT2D eigenvalue weighted by Gasteiger charge is 2.26. The van der Waals surface area contributed by atoms with E-state index in [9.17, 15) is 19.5 Å². The molecule has 4 aromatic rings. The van der Waals surface area contributed by atoms with E-state index in [1.54, 1.807) is 29.1 Å². The van der Waals surface area contributed by atoms with Crippen LogP contribution >= 0.6 is 27.3 Å². The number of carboxylic acids is 1. The molecule has 4 rings (SSSR count). The summed E-state index contributed by atoms with van der Waals surface area (Å²) >= 11 is 4.75. The molecule has 10 heteroatoms. The molecule has 1 unspecified atom stereocenters. The number of nitrogens with zero attached hydrogens (tertiary/aromatic N) is 3. The predicted octanol–water partition coefficient (Wildman–Crippen LogP) is 7.36. The lowest BCUT2D eigenvalue weighted by Crippen LogP contribution is -2.29. The van der Waals surface area contributed by atoms with Crippen LogP contribution in [0.5, 0.6) is 0 Å². The first kappa shape index (κ1) is 27.7. The zero-order valence-corrected chi connectivity index (χ0v) is 23.1. The molecule has 0 fully saturated rings.